The van der Waals surface area contributed by atoms with Gasteiger partial charge in [0.15, 0.2) is 12.4 Å². The molecule has 146 valence electrons. The Morgan fingerprint density at radius 1 is 0.966 bits per heavy atom. The van der Waals surface area contributed by atoms with Gasteiger partial charge < -0.3 is 8.98 Å². The lowest BCUT2D eigenvalue weighted by Gasteiger charge is -2.07. The highest BCUT2D eigenvalue weighted by Gasteiger charge is 2.19. The molecule has 0 N–H and O–H groups in total. The van der Waals surface area contributed by atoms with Crippen LogP contribution in [0.15, 0.2) is 83.7 Å². The molecule has 4 rings (SSSR count). The van der Waals surface area contributed by atoms with Crippen LogP contribution in [0.25, 0.3) is 0 Å². The third kappa shape index (κ3) is 4.37. The monoisotopic (exact) mass is 385 g/mol. The number of aryl methyl sites for hydroxylation is 1. The second kappa shape index (κ2) is 8.31. The van der Waals surface area contributed by atoms with E-state index < -0.39 is 0 Å². The standard InChI is InChI=1S/C25H25N2O2/c1-19-15-24(20(2)27(19)17-23-9-6-14-29-23)25(28)18-26-12-10-22(11-13-26)16-21-7-4-3-5-8-21/h3-15H,16-18H2,1-2H3/q+1. The fraction of sp³-hybridized carbons (Fsp3) is 0.200. The molecule has 0 aliphatic heterocycles. The minimum absolute atomic E-state index is 0.115. The largest absolute Gasteiger partial charge is 0.467 e. The molecule has 0 amide bonds. The summed E-state index contributed by atoms with van der Waals surface area (Å²) in [5.41, 5.74) is 5.33. The van der Waals surface area contributed by atoms with Crippen LogP contribution in [0.3, 0.4) is 0 Å². The minimum Gasteiger partial charge on any atom is -0.467 e. The van der Waals surface area contributed by atoms with E-state index in [0.717, 1.165) is 29.1 Å². The zero-order chi connectivity index (χ0) is 20.2. The highest BCUT2D eigenvalue weighted by atomic mass is 16.3. The average molecular weight is 385 g/mol. The lowest BCUT2D eigenvalue weighted by Crippen LogP contribution is -2.37. The number of hydrogen-bond donors (Lipinski definition) is 0. The fourth-order valence-electron chi connectivity index (χ4n) is 3.68. The van der Waals surface area contributed by atoms with E-state index in [-0.39, 0.29) is 5.78 Å². The fourth-order valence-corrected chi connectivity index (χ4v) is 3.68. The topological polar surface area (TPSA) is 39.0 Å². The lowest BCUT2D eigenvalue weighted by molar-refractivity contribution is -0.683. The summed E-state index contributed by atoms with van der Waals surface area (Å²) in [5, 5.41) is 0. The van der Waals surface area contributed by atoms with E-state index in [9.17, 15) is 4.79 Å². The third-order valence-corrected chi connectivity index (χ3v) is 5.31. The quantitative estimate of drug-likeness (QED) is 0.347. The molecule has 0 saturated carbocycles. The van der Waals surface area contributed by atoms with E-state index in [1.165, 1.54) is 11.1 Å². The van der Waals surface area contributed by atoms with Crippen molar-refractivity contribution in [2.24, 2.45) is 0 Å². The van der Waals surface area contributed by atoms with Gasteiger partial charge in [0.1, 0.15) is 5.76 Å². The van der Waals surface area contributed by atoms with E-state index >= 15 is 0 Å². The van der Waals surface area contributed by atoms with E-state index in [4.69, 9.17) is 4.42 Å². The number of furan rings is 1. The Labute approximate surface area is 171 Å². The van der Waals surface area contributed by atoms with Crippen LogP contribution in [0.1, 0.15) is 38.6 Å². The van der Waals surface area contributed by atoms with E-state index in [1.807, 2.05) is 55.1 Å². The number of ketones is 1. The van der Waals surface area contributed by atoms with Gasteiger partial charge in [-0.05, 0) is 49.6 Å². The van der Waals surface area contributed by atoms with Crippen LogP contribution in [-0.2, 0) is 19.5 Å². The second-order valence-corrected chi connectivity index (χ2v) is 7.41. The molecule has 0 saturated heterocycles. The van der Waals surface area contributed by atoms with Crippen LogP contribution in [0.2, 0.25) is 0 Å². The number of benzene rings is 1. The van der Waals surface area contributed by atoms with Crippen molar-refractivity contribution >= 4 is 5.78 Å². The highest BCUT2D eigenvalue weighted by molar-refractivity contribution is 5.96. The maximum atomic E-state index is 12.9. The van der Waals surface area contributed by atoms with Crippen molar-refractivity contribution < 1.29 is 13.8 Å². The first-order chi connectivity index (χ1) is 14.1. The molecule has 1 aromatic carbocycles. The molecule has 0 fully saturated rings. The third-order valence-electron chi connectivity index (χ3n) is 5.31. The average Bonchev–Trinajstić information content (AvgIpc) is 3.34. The van der Waals surface area contributed by atoms with Crippen molar-refractivity contribution in [1.82, 2.24) is 4.57 Å². The zero-order valence-corrected chi connectivity index (χ0v) is 16.8. The van der Waals surface area contributed by atoms with Crippen molar-refractivity contribution in [3.8, 4) is 0 Å². The molecule has 4 heteroatoms. The first-order valence-electron chi connectivity index (χ1n) is 9.84. The van der Waals surface area contributed by atoms with Crippen molar-refractivity contribution in [1.29, 1.82) is 0 Å². The molecule has 0 spiro atoms. The molecular weight excluding hydrogens is 360 g/mol. The summed E-state index contributed by atoms with van der Waals surface area (Å²) in [6.07, 6.45) is 6.54. The van der Waals surface area contributed by atoms with Crippen molar-refractivity contribution in [3.63, 3.8) is 0 Å². The highest BCUT2D eigenvalue weighted by Crippen LogP contribution is 2.18. The Bertz CT molecular complexity index is 1090. The first-order valence-corrected chi connectivity index (χ1v) is 9.84. The summed E-state index contributed by atoms with van der Waals surface area (Å²) >= 11 is 0. The van der Waals surface area contributed by atoms with Crippen molar-refractivity contribution in [3.05, 3.63) is 113 Å². The number of pyridine rings is 1. The number of Topliss-reactive ketones (excluding diaryl/α,β-unsaturated/α-hetero) is 1. The van der Waals surface area contributed by atoms with Gasteiger partial charge in [0.2, 0.25) is 12.3 Å². The van der Waals surface area contributed by atoms with Gasteiger partial charge in [0.25, 0.3) is 0 Å². The maximum Gasteiger partial charge on any atom is 0.229 e. The van der Waals surface area contributed by atoms with Crippen LogP contribution in [-0.4, -0.2) is 10.4 Å². The molecule has 4 nitrogen and oxygen atoms in total. The molecule has 3 heterocycles. The number of carbonyl (C=O) groups is 1. The molecule has 0 aliphatic carbocycles. The molecule has 0 aliphatic rings. The normalized spacial score (nSPS) is 11.0. The molecular formula is C25H25N2O2+. The molecule has 0 radical (unpaired) electrons. The Balaban J connectivity index is 1.45. The van der Waals surface area contributed by atoms with Crippen LogP contribution in [0.5, 0.6) is 0 Å². The van der Waals surface area contributed by atoms with Crippen LogP contribution in [0, 0.1) is 13.8 Å². The maximum absolute atomic E-state index is 12.9. The SMILES string of the molecule is Cc1cc(C(=O)C[n+]2ccc(Cc3ccccc3)cc2)c(C)n1Cc1ccco1. The Kier molecular flexibility index (Phi) is 5.43. The number of hydrogen-bond acceptors (Lipinski definition) is 2. The molecule has 0 unspecified atom stereocenters. The minimum atomic E-state index is 0.115. The summed E-state index contributed by atoms with van der Waals surface area (Å²) in [7, 11) is 0. The molecule has 29 heavy (non-hydrogen) atoms. The van der Waals surface area contributed by atoms with E-state index in [2.05, 4.69) is 41.0 Å². The van der Waals surface area contributed by atoms with Gasteiger partial charge in [-0.3, -0.25) is 4.79 Å². The van der Waals surface area contributed by atoms with Crippen LogP contribution >= 0.6 is 0 Å². The van der Waals surface area contributed by atoms with E-state index in [0.29, 0.717) is 13.1 Å². The Hall–Kier alpha value is -3.40. The summed E-state index contributed by atoms with van der Waals surface area (Å²) in [6.45, 7) is 4.99. The first kappa shape index (κ1) is 18.9. The summed E-state index contributed by atoms with van der Waals surface area (Å²) in [5.74, 6) is 0.999. The van der Waals surface area contributed by atoms with Gasteiger partial charge in [0, 0.05) is 29.1 Å². The van der Waals surface area contributed by atoms with Gasteiger partial charge in [-0.25, -0.2) is 0 Å². The predicted octanol–water partition coefficient (Wildman–Crippen LogP) is 4.51. The van der Waals surface area contributed by atoms with Gasteiger partial charge >= 0.3 is 0 Å². The van der Waals surface area contributed by atoms with Crippen LogP contribution < -0.4 is 4.57 Å². The molecule has 4 aromatic rings. The van der Waals surface area contributed by atoms with Gasteiger partial charge in [0.05, 0.1) is 12.8 Å². The molecule has 3 aromatic heterocycles. The van der Waals surface area contributed by atoms with Crippen molar-refractivity contribution in [2.75, 3.05) is 0 Å². The van der Waals surface area contributed by atoms with Gasteiger partial charge in [-0.15, -0.1) is 0 Å². The summed E-state index contributed by atoms with van der Waals surface area (Å²) < 4.78 is 9.52. The summed E-state index contributed by atoms with van der Waals surface area (Å²) in [6, 6.07) is 20.4. The predicted molar refractivity (Wildman–Crippen MR) is 112 cm³/mol. The van der Waals surface area contributed by atoms with Gasteiger partial charge in [-0.1, -0.05) is 30.3 Å². The molecule has 0 atom stereocenters. The lowest BCUT2D eigenvalue weighted by atomic mass is 10.1. The number of carbonyl (C=O) groups excluding carboxylic acids is 1. The number of nitrogens with zero attached hydrogens (tertiary/aromatic N) is 2. The molecule has 0 bridgehead atoms. The van der Waals surface area contributed by atoms with E-state index in [1.54, 1.807) is 6.26 Å². The Morgan fingerprint density at radius 2 is 1.69 bits per heavy atom. The summed E-state index contributed by atoms with van der Waals surface area (Å²) in [4.78, 5) is 12.9. The second-order valence-electron chi connectivity index (χ2n) is 7.41. The smallest absolute Gasteiger partial charge is 0.229 e. The Morgan fingerprint density at radius 3 is 2.38 bits per heavy atom. The van der Waals surface area contributed by atoms with Crippen LogP contribution in [0.4, 0.5) is 0 Å². The zero-order valence-electron chi connectivity index (χ0n) is 16.8. The number of rotatable bonds is 7. The van der Waals surface area contributed by atoms with Gasteiger partial charge in [-0.2, -0.15) is 4.57 Å². The number of aromatic nitrogens is 2. The van der Waals surface area contributed by atoms with Crippen molar-refractivity contribution in [2.45, 2.75) is 33.4 Å².